The topological polar surface area (TPSA) is 29.1 Å². The van der Waals surface area contributed by atoms with E-state index in [4.69, 9.17) is 0 Å². The van der Waals surface area contributed by atoms with Crippen molar-refractivity contribution in [2.45, 2.75) is 6.42 Å². The van der Waals surface area contributed by atoms with Crippen LogP contribution >= 0.6 is 0 Å². The molecule has 20 heavy (non-hydrogen) atoms. The van der Waals surface area contributed by atoms with Gasteiger partial charge in [0.15, 0.2) is 0 Å². The van der Waals surface area contributed by atoms with Gasteiger partial charge in [0.05, 0.1) is 0 Å². The number of hydrogen-bond acceptors (Lipinski definition) is 1. The molecule has 1 aliphatic rings. The van der Waals surface area contributed by atoms with Crippen molar-refractivity contribution in [1.29, 1.82) is 0 Å². The van der Waals surface area contributed by atoms with E-state index < -0.39 is 0 Å². The molecule has 0 radical (unpaired) electrons. The summed E-state index contributed by atoms with van der Waals surface area (Å²) in [6.07, 6.45) is 0.787. The average Bonchev–Trinajstić information content (AvgIpc) is 2.61. The molecule has 0 saturated heterocycles. The van der Waals surface area contributed by atoms with Crippen molar-refractivity contribution in [2.24, 2.45) is 0 Å². The molecule has 0 bridgehead atoms. The fourth-order valence-electron chi connectivity index (χ4n) is 2.84. The van der Waals surface area contributed by atoms with Gasteiger partial charge in [-0.1, -0.05) is 48.5 Å². The van der Waals surface area contributed by atoms with Crippen molar-refractivity contribution in [1.82, 2.24) is 0 Å². The van der Waals surface area contributed by atoms with Crippen LogP contribution in [0, 0.1) is 0 Å². The van der Waals surface area contributed by atoms with E-state index in [-0.39, 0.29) is 5.91 Å². The first-order chi connectivity index (χ1) is 9.81. The van der Waals surface area contributed by atoms with Gasteiger partial charge in [0.25, 0.3) is 5.91 Å². The molecule has 4 rings (SSSR count). The van der Waals surface area contributed by atoms with Crippen LogP contribution < -0.4 is 5.32 Å². The van der Waals surface area contributed by atoms with Gasteiger partial charge < -0.3 is 5.32 Å². The molecule has 2 heteroatoms. The van der Waals surface area contributed by atoms with Crippen LogP contribution in [0.2, 0.25) is 0 Å². The monoisotopic (exact) mass is 259 g/mol. The molecule has 0 aliphatic carbocycles. The van der Waals surface area contributed by atoms with Crippen molar-refractivity contribution in [2.75, 3.05) is 5.32 Å². The van der Waals surface area contributed by atoms with Gasteiger partial charge in [-0.15, -0.1) is 0 Å². The van der Waals surface area contributed by atoms with Crippen LogP contribution in [0.3, 0.4) is 0 Å². The average molecular weight is 259 g/mol. The Morgan fingerprint density at radius 2 is 1.50 bits per heavy atom. The molecule has 0 saturated carbocycles. The lowest BCUT2D eigenvalue weighted by Crippen LogP contribution is -2.11. The van der Waals surface area contributed by atoms with Crippen LogP contribution in [0.1, 0.15) is 21.5 Å². The zero-order valence-electron chi connectivity index (χ0n) is 10.9. The van der Waals surface area contributed by atoms with Gasteiger partial charge in [-0.05, 0) is 34.0 Å². The van der Waals surface area contributed by atoms with Crippen LogP contribution in [-0.2, 0) is 6.42 Å². The molecule has 0 aromatic heterocycles. The predicted molar refractivity (Wildman–Crippen MR) is 81.1 cm³/mol. The number of benzene rings is 3. The van der Waals surface area contributed by atoms with E-state index in [1.54, 1.807) is 0 Å². The molecule has 1 N–H and O–H groups in total. The Morgan fingerprint density at radius 1 is 0.800 bits per heavy atom. The van der Waals surface area contributed by atoms with Crippen molar-refractivity contribution >= 4 is 22.4 Å². The number of carbonyl (C=O) groups is 1. The third-order valence-electron chi connectivity index (χ3n) is 3.86. The minimum absolute atomic E-state index is 0.0179. The Kier molecular flexibility index (Phi) is 2.36. The number of anilines is 1. The summed E-state index contributed by atoms with van der Waals surface area (Å²) in [6.45, 7) is 0. The summed E-state index contributed by atoms with van der Waals surface area (Å²) < 4.78 is 0. The van der Waals surface area contributed by atoms with E-state index in [2.05, 4.69) is 23.5 Å². The van der Waals surface area contributed by atoms with Gasteiger partial charge in [-0.3, -0.25) is 4.79 Å². The molecule has 0 fully saturated rings. The number of amides is 1. The second-order valence-electron chi connectivity index (χ2n) is 5.14. The summed E-state index contributed by atoms with van der Waals surface area (Å²) in [5, 5.41) is 5.29. The second-order valence-corrected chi connectivity index (χ2v) is 5.14. The third kappa shape index (κ3) is 1.69. The van der Waals surface area contributed by atoms with E-state index in [1.165, 1.54) is 5.39 Å². The first-order valence-corrected chi connectivity index (χ1v) is 6.72. The number of nitrogens with one attached hydrogen (secondary N) is 1. The predicted octanol–water partition coefficient (Wildman–Crippen LogP) is 4.00. The molecule has 2 nitrogen and oxygen atoms in total. The standard InChI is InChI=1S/C18H13NO/c20-18-16-11-13-6-2-1-5-12(13)9-15(16)10-14-7-3-4-8-17(14)19-18/h1-9,11H,10H2,(H,19,20). The molecular formula is C18H13NO. The quantitative estimate of drug-likeness (QED) is 0.649. The first-order valence-electron chi connectivity index (χ1n) is 6.72. The maximum absolute atomic E-state index is 12.4. The molecule has 1 heterocycles. The summed E-state index contributed by atoms with van der Waals surface area (Å²) in [4.78, 5) is 12.4. The molecule has 1 amide bonds. The van der Waals surface area contributed by atoms with Crippen LogP contribution in [0.5, 0.6) is 0 Å². The minimum Gasteiger partial charge on any atom is -0.322 e. The highest BCUT2D eigenvalue weighted by atomic mass is 16.1. The lowest BCUT2D eigenvalue weighted by atomic mass is 9.96. The minimum atomic E-state index is -0.0179. The maximum Gasteiger partial charge on any atom is 0.255 e. The fourth-order valence-corrected chi connectivity index (χ4v) is 2.84. The highest BCUT2D eigenvalue weighted by molar-refractivity contribution is 6.09. The van der Waals surface area contributed by atoms with Crippen molar-refractivity contribution in [3.05, 3.63) is 77.4 Å². The number of fused-ring (bicyclic) bond motifs is 3. The smallest absolute Gasteiger partial charge is 0.255 e. The number of para-hydroxylation sites is 1. The Morgan fingerprint density at radius 3 is 2.35 bits per heavy atom. The molecule has 1 aliphatic heterocycles. The summed E-state index contributed by atoms with van der Waals surface area (Å²) >= 11 is 0. The van der Waals surface area contributed by atoms with E-state index >= 15 is 0 Å². The van der Waals surface area contributed by atoms with Gasteiger partial charge >= 0.3 is 0 Å². The van der Waals surface area contributed by atoms with E-state index in [1.807, 2.05) is 42.5 Å². The number of carbonyl (C=O) groups excluding carboxylic acids is 1. The van der Waals surface area contributed by atoms with Gasteiger partial charge in [-0.2, -0.15) is 0 Å². The summed E-state index contributed by atoms with van der Waals surface area (Å²) in [6, 6.07) is 20.3. The van der Waals surface area contributed by atoms with Crippen LogP contribution in [0.4, 0.5) is 5.69 Å². The summed E-state index contributed by atoms with van der Waals surface area (Å²) in [7, 11) is 0. The van der Waals surface area contributed by atoms with Crippen LogP contribution in [-0.4, -0.2) is 5.91 Å². The van der Waals surface area contributed by atoms with Gasteiger partial charge in [0, 0.05) is 17.7 Å². The Bertz CT molecular complexity index is 836. The lowest BCUT2D eigenvalue weighted by molar-refractivity contribution is 0.102. The largest absolute Gasteiger partial charge is 0.322 e. The molecule has 96 valence electrons. The lowest BCUT2D eigenvalue weighted by Gasteiger charge is -2.07. The molecule has 3 aromatic carbocycles. The molecule has 0 unspecified atom stereocenters. The first kappa shape index (κ1) is 11.2. The second kappa shape index (κ2) is 4.20. The van der Waals surface area contributed by atoms with Crippen molar-refractivity contribution < 1.29 is 4.79 Å². The third-order valence-corrected chi connectivity index (χ3v) is 3.86. The van der Waals surface area contributed by atoms with Crippen LogP contribution in [0.15, 0.2) is 60.7 Å². The maximum atomic E-state index is 12.4. The normalized spacial score (nSPS) is 13.3. The number of rotatable bonds is 0. The number of hydrogen-bond donors (Lipinski definition) is 1. The van der Waals surface area contributed by atoms with Gasteiger partial charge in [0.2, 0.25) is 0 Å². The Balaban J connectivity index is 1.97. The van der Waals surface area contributed by atoms with Gasteiger partial charge in [0.1, 0.15) is 0 Å². The highest BCUT2D eigenvalue weighted by Gasteiger charge is 2.19. The SMILES string of the molecule is O=C1Nc2ccccc2Cc2cc3ccccc3cc21. The highest BCUT2D eigenvalue weighted by Crippen LogP contribution is 2.29. The van der Waals surface area contributed by atoms with Crippen LogP contribution in [0.25, 0.3) is 10.8 Å². The molecule has 0 atom stereocenters. The van der Waals surface area contributed by atoms with E-state index in [0.29, 0.717) is 0 Å². The zero-order chi connectivity index (χ0) is 13.5. The molecular weight excluding hydrogens is 246 g/mol. The molecule has 0 spiro atoms. The fraction of sp³-hybridized carbons (Fsp3) is 0.0556. The van der Waals surface area contributed by atoms with Crippen molar-refractivity contribution in [3.8, 4) is 0 Å². The van der Waals surface area contributed by atoms with Crippen molar-refractivity contribution in [3.63, 3.8) is 0 Å². The zero-order valence-corrected chi connectivity index (χ0v) is 10.9. The van der Waals surface area contributed by atoms with Gasteiger partial charge in [-0.25, -0.2) is 0 Å². The summed E-state index contributed by atoms with van der Waals surface area (Å²) in [5.74, 6) is -0.0179. The summed E-state index contributed by atoms with van der Waals surface area (Å²) in [5.41, 5.74) is 3.94. The Labute approximate surface area is 117 Å². The Hall–Kier alpha value is -2.61. The van der Waals surface area contributed by atoms with E-state index in [0.717, 1.165) is 34.2 Å². The van der Waals surface area contributed by atoms with E-state index in [9.17, 15) is 4.79 Å². The molecule has 3 aromatic rings.